The number of nitrogens with zero attached hydrogens (tertiary/aromatic N) is 5. The molecule has 0 unspecified atom stereocenters. The number of aromatic nitrogens is 5. The first-order chi connectivity index (χ1) is 13.8. The van der Waals surface area contributed by atoms with Crippen molar-refractivity contribution in [2.75, 3.05) is 0 Å². The van der Waals surface area contributed by atoms with Crippen LogP contribution < -0.4 is 0 Å². The van der Waals surface area contributed by atoms with Crippen molar-refractivity contribution in [1.82, 2.24) is 24.5 Å². The van der Waals surface area contributed by atoms with Crippen LogP contribution in [-0.4, -0.2) is 29.7 Å². The van der Waals surface area contributed by atoms with E-state index in [2.05, 4.69) is 15.2 Å². The molecular formula is C20H18ClF2N5O. The summed E-state index contributed by atoms with van der Waals surface area (Å²) in [6.07, 6.45) is 2.74. The molecular weight excluding hydrogens is 400 g/mol. The minimum atomic E-state index is -1.79. The predicted molar refractivity (Wildman–Crippen MR) is 104 cm³/mol. The van der Waals surface area contributed by atoms with Crippen LogP contribution in [0.1, 0.15) is 24.2 Å². The van der Waals surface area contributed by atoms with Gasteiger partial charge in [0, 0.05) is 27.7 Å². The highest BCUT2D eigenvalue weighted by molar-refractivity contribution is 6.31. The molecule has 0 bridgehead atoms. The van der Waals surface area contributed by atoms with Gasteiger partial charge in [0.1, 0.15) is 29.9 Å². The van der Waals surface area contributed by atoms with Crippen LogP contribution in [0.25, 0.3) is 10.9 Å². The summed E-state index contributed by atoms with van der Waals surface area (Å²) < 4.78 is 31.2. The van der Waals surface area contributed by atoms with Gasteiger partial charge in [-0.1, -0.05) is 17.7 Å². The van der Waals surface area contributed by atoms with E-state index in [1.54, 1.807) is 23.7 Å². The number of fused-ring (bicyclic) bond motifs is 1. The molecule has 0 fully saturated rings. The van der Waals surface area contributed by atoms with Crippen molar-refractivity contribution in [2.45, 2.75) is 32.0 Å². The fraction of sp³-hybridized carbons (Fsp3) is 0.250. The van der Waals surface area contributed by atoms with Crippen molar-refractivity contribution in [3.05, 3.63) is 77.0 Å². The minimum absolute atomic E-state index is 0.0566. The number of halogens is 3. The average Bonchev–Trinajstić information content (AvgIpc) is 3.28. The molecule has 4 rings (SSSR count). The molecule has 0 aliphatic heterocycles. The summed E-state index contributed by atoms with van der Waals surface area (Å²) in [4.78, 5) is 3.88. The largest absolute Gasteiger partial charge is 0.381 e. The first-order valence-electron chi connectivity index (χ1n) is 8.94. The number of hydrogen-bond acceptors (Lipinski definition) is 4. The first-order valence-corrected chi connectivity index (χ1v) is 9.32. The van der Waals surface area contributed by atoms with Gasteiger partial charge in [-0.25, -0.2) is 18.4 Å². The van der Waals surface area contributed by atoms with E-state index in [1.165, 1.54) is 23.4 Å². The van der Waals surface area contributed by atoms with Crippen LogP contribution in [0.15, 0.2) is 49.1 Å². The quantitative estimate of drug-likeness (QED) is 0.532. The van der Waals surface area contributed by atoms with E-state index in [1.807, 2.05) is 13.0 Å². The molecule has 2 heterocycles. The van der Waals surface area contributed by atoms with Crippen LogP contribution in [0.5, 0.6) is 0 Å². The van der Waals surface area contributed by atoms with Crippen molar-refractivity contribution in [2.24, 2.45) is 0 Å². The van der Waals surface area contributed by atoms with E-state index in [4.69, 9.17) is 11.6 Å². The van der Waals surface area contributed by atoms with E-state index in [-0.39, 0.29) is 12.1 Å². The molecule has 9 heteroatoms. The molecule has 29 heavy (non-hydrogen) atoms. The van der Waals surface area contributed by atoms with Gasteiger partial charge >= 0.3 is 0 Å². The molecule has 0 radical (unpaired) electrons. The third-order valence-corrected chi connectivity index (χ3v) is 5.47. The van der Waals surface area contributed by atoms with E-state index >= 15 is 0 Å². The highest BCUT2D eigenvalue weighted by Gasteiger charge is 2.41. The SMILES string of the molecule is Cc1c2ccc(Cl)cc2nn1[C@H](C)[C@](O)(Cn1cncn1)c1ccc(F)cc1F. The monoisotopic (exact) mass is 417 g/mol. The third-order valence-electron chi connectivity index (χ3n) is 5.23. The zero-order valence-corrected chi connectivity index (χ0v) is 16.5. The van der Waals surface area contributed by atoms with Crippen LogP contribution in [0.4, 0.5) is 8.78 Å². The Bertz CT molecular complexity index is 1180. The van der Waals surface area contributed by atoms with Crippen LogP contribution in [-0.2, 0) is 12.1 Å². The zero-order chi connectivity index (χ0) is 20.8. The van der Waals surface area contributed by atoms with Gasteiger partial charge in [0.05, 0.1) is 18.1 Å². The Hall–Kier alpha value is -2.84. The first kappa shape index (κ1) is 19.5. The Kier molecular flexibility index (Phi) is 4.84. The van der Waals surface area contributed by atoms with Crippen LogP contribution in [0.2, 0.25) is 5.02 Å². The number of hydrogen-bond donors (Lipinski definition) is 1. The number of benzene rings is 2. The van der Waals surface area contributed by atoms with Gasteiger partial charge in [0.2, 0.25) is 0 Å². The lowest BCUT2D eigenvalue weighted by atomic mass is 9.86. The Labute approximate surface area is 170 Å². The van der Waals surface area contributed by atoms with E-state index in [9.17, 15) is 13.9 Å². The molecule has 1 N–H and O–H groups in total. The van der Waals surface area contributed by atoms with Crippen LogP contribution in [0, 0.1) is 18.6 Å². The molecule has 2 aromatic heterocycles. The van der Waals surface area contributed by atoms with Gasteiger partial charge in [0.15, 0.2) is 0 Å². The topological polar surface area (TPSA) is 68.8 Å². The summed E-state index contributed by atoms with van der Waals surface area (Å²) in [5.41, 5.74) is -0.408. The van der Waals surface area contributed by atoms with Crippen LogP contribution >= 0.6 is 11.6 Å². The Balaban J connectivity index is 1.87. The normalized spacial score (nSPS) is 14.8. The molecule has 4 aromatic rings. The second kappa shape index (κ2) is 7.20. The second-order valence-corrected chi connectivity index (χ2v) is 7.45. The summed E-state index contributed by atoms with van der Waals surface area (Å²) >= 11 is 6.07. The number of rotatable bonds is 5. The molecule has 2 aromatic carbocycles. The van der Waals surface area contributed by atoms with Crippen molar-refractivity contribution < 1.29 is 13.9 Å². The lowest BCUT2D eigenvalue weighted by molar-refractivity contribution is -0.0372. The smallest absolute Gasteiger partial charge is 0.137 e. The van der Waals surface area contributed by atoms with Gasteiger partial charge in [0.25, 0.3) is 0 Å². The average molecular weight is 418 g/mol. The van der Waals surface area contributed by atoms with Crippen molar-refractivity contribution >= 4 is 22.5 Å². The van der Waals surface area contributed by atoms with E-state index in [0.717, 1.165) is 23.2 Å². The molecule has 0 aliphatic carbocycles. The van der Waals surface area contributed by atoms with Crippen LogP contribution in [0.3, 0.4) is 0 Å². The standard InChI is InChI=1S/C20H18ClF2N5O/c1-12-16-5-3-14(21)7-19(16)26-28(12)13(2)20(29,9-27-11-24-10-25-27)17-6-4-15(22)8-18(17)23/h3-8,10-11,13,29H,9H2,1-2H3/t13-,20-/m1/s1. The second-order valence-electron chi connectivity index (χ2n) is 7.01. The van der Waals surface area contributed by atoms with Gasteiger partial charge in [-0.3, -0.25) is 4.68 Å². The Morgan fingerprint density at radius 3 is 2.69 bits per heavy atom. The Morgan fingerprint density at radius 2 is 2.00 bits per heavy atom. The van der Waals surface area contributed by atoms with Gasteiger partial charge in [-0.2, -0.15) is 10.2 Å². The summed E-state index contributed by atoms with van der Waals surface area (Å²) in [6, 6.07) is 7.71. The highest BCUT2D eigenvalue weighted by atomic mass is 35.5. The molecule has 0 saturated carbocycles. The van der Waals surface area contributed by atoms with Gasteiger partial charge in [-0.15, -0.1) is 0 Å². The van der Waals surface area contributed by atoms with Crippen molar-refractivity contribution in [1.29, 1.82) is 0 Å². The molecule has 0 spiro atoms. The van der Waals surface area contributed by atoms with E-state index in [0.29, 0.717) is 10.5 Å². The summed E-state index contributed by atoms with van der Waals surface area (Å²) in [7, 11) is 0. The highest BCUT2D eigenvalue weighted by Crippen LogP contribution is 2.38. The number of aryl methyl sites for hydroxylation is 1. The summed E-state index contributed by atoms with van der Waals surface area (Å²) in [5.74, 6) is -1.57. The molecule has 2 atom stereocenters. The maximum atomic E-state index is 14.7. The van der Waals surface area contributed by atoms with E-state index < -0.39 is 23.3 Å². The van der Waals surface area contributed by atoms with Gasteiger partial charge in [-0.05, 0) is 38.1 Å². The zero-order valence-electron chi connectivity index (χ0n) is 15.7. The predicted octanol–water partition coefficient (Wildman–Crippen LogP) is 4.02. The molecule has 0 aliphatic rings. The van der Waals surface area contributed by atoms with Gasteiger partial charge < -0.3 is 5.11 Å². The van der Waals surface area contributed by atoms with Crippen molar-refractivity contribution in [3.63, 3.8) is 0 Å². The minimum Gasteiger partial charge on any atom is -0.381 e. The molecule has 0 saturated heterocycles. The number of aliphatic hydroxyl groups is 1. The molecule has 6 nitrogen and oxygen atoms in total. The third kappa shape index (κ3) is 3.38. The molecule has 150 valence electrons. The fourth-order valence-corrected chi connectivity index (χ4v) is 3.80. The molecule has 0 amide bonds. The summed E-state index contributed by atoms with van der Waals surface area (Å²) in [6.45, 7) is 3.48. The fourth-order valence-electron chi connectivity index (χ4n) is 3.63. The Morgan fingerprint density at radius 1 is 1.21 bits per heavy atom. The lowest BCUT2D eigenvalue weighted by Crippen LogP contribution is -2.41. The maximum absolute atomic E-state index is 14.7. The maximum Gasteiger partial charge on any atom is 0.137 e. The van der Waals surface area contributed by atoms with Crippen molar-refractivity contribution in [3.8, 4) is 0 Å². The lowest BCUT2D eigenvalue weighted by Gasteiger charge is -2.35. The summed E-state index contributed by atoms with van der Waals surface area (Å²) in [5, 5.41) is 21.7.